The van der Waals surface area contributed by atoms with Gasteiger partial charge in [-0.2, -0.15) is 0 Å². The number of nitrogens with two attached hydrogens (primary N) is 1. The zero-order valence-corrected chi connectivity index (χ0v) is 5.01. The summed E-state index contributed by atoms with van der Waals surface area (Å²) < 4.78 is 0. The molecule has 0 saturated heterocycles. The summed E-state index contributed by atoms with van der Waals surface area (Å²) in [7, 11) is 0. The normalized spacial score (nSPS) is 23.2. The van der Waals surface area contributed by atoms with E-state index in [0.29, 0.717) is 12.5 Å². The molecule has 3 N–H and O–H groups in total. The Hall–Kier alpha value is -0.0800. The lowest BCUT2D eigenvalue weighted by molar-refractivity contribution is 0.144. The van der Waals surface area contributed by atoms with Crippen molar-refractivity contribution < 1.29 is 5.11 Å². The van der Waals surface area contributed by atoms with Crippen molar-refractivity contribution in [3.8, 4) is 0 Å². The van der Waals surface area contributed by atoms with Crippen molar-refractivity contribution in [1.82, 2.24) is 0 Å². The van der Waals surface area contributed by atoms with Gasteiger partial charge in [0.1, 0.15) is 0 Å². The monoisotopic (exact) mass is 115 g/mol. The number of hydrogen-bond donors (Lipinski definition) is 2. The average molecular weight is 115 g/mol. The maximum absolute atomic E-state index is 9.11. The molecule has 1 aliphatic carbocycles. The summed E-state index contributed by atoms with van der Waals surface area (Å²) in [5.41, 5.74) is 5.24. The molecule has 1 aliphatic rings. The van der Waals surface area contributed by atoms with Crippen molar-refractivity contribution in [1.29, 1.82) is 0 Å². The van der Waals surface area contributed by atoms with Crippen LogP contribution >= 0.6 is 0 Å². The van der Waals surface area contributed by atoms with Crippen molar-refractivity contribution in [3.63, 3.8) is 0 Å². The molecular formula is C6H13NO. The topological polar surface area (TPSA) is 46.2 Å². The van der Waals surface area contributed by atoms with Crippen molar-refractivity contribution >= 4 is 0 Å². The van der Waals surface area contributed by atoms with E-state index in [1.807, 2.05) is 0 Å². The molecule has 48 valence electrons. The van der Waals surface area contributed by atoms with E-state index in [1.54, 1.807) is 0 Å². The zero-order valence-electron chi connectivity index (χ0n) is 5.01. The Morgan fingerprint density at radius 2 is 2.25 bits per heavy atom. The first kappa shape index (κ1) is 6.05. The third-order valence-electron chi connectivity index (χ3n) is 1.63. The van der Waals surface area contributed by atoms with Gasteiger partial charge in [-0.1, -0.05) is 0 Å². The van der Waals surface area contributed by atoms with Crippen molar-refractivity contribution in [2.75, 3.05) is 6.54 Å². The molecule has 1 rings (SSSR count). The lowest BCUT2D eigenvalue weighted by atomic mass is 10.2. The number of aliphatic hydroxyl groups excluding tert-OH is 1. The average Bonchev–Trinajstić information content (AvgIpc) is 2.45. The standard InChI is InChI=1S/C6H13NO/c7-4-3-6(8)5-1-2-5/h5-6,8H,1-4,7H2. The van der Waals surface area contributed by atoms with E-state index in [2.05, 4.69) is 0 Å². The molecule has 1 atom stereocenters. The van der Waals surface area contributed by atoms with E-state index < -0.39 is 0 Å². The first-order valence-corrected chi connectivity index (χ1v) is 3.22. The van der Waals surface area contributed by atoms with Crippen LogP contribution in [0.25, 0.3) is 0 Å². The quantitative estimate of drug-likeness (QED) is 0.548. The molecule has 1 saturated carbocycles. The Labute approximate surface area is 49.7 Å². The van der Waals surface area contributed by atoms with Gasteiger partial charge < -0.3 is 10.8 Å². The molecule has 8 heavy (non-hydrogen) atoms. The van der Waals surface area contributed by atoms with Crippen LogP contribution in [-0.4, -0.2) is 17.8 Å². The Morgan fingerprint density at radius 3 is 2.62 bits per heavy atom. The van der Waals surface area contributed by atoms with E-state index in [0.717, 1.165) is 6.42 Å². The minimum Gasteiger partial charge on any atom is -0.393 e. The fraction of sp³-hybridized carbons (Fsp3) is 1.00. The highest BCUT2D eigenvalue weighted by atomic mass is 16.3. The molecule has 1 fully saturated rings. The van der Waals surface area contributed by atoms with Gasteiger partial charge in [0.25, 0.3) is 0 Å². The molecule has 0 aliphatic heterocycles. The summed E-state index contributed by atoms with van der Waals surface area (Å²) in [6.07, 6.45) is 3.10. The summed E-state index contributed by atoms with van der Waals surface area (Å²) in [6.45, 7) is 0.623. The molecule has 1 unspecified atom stereocenters. The Bertz CT molecular complexity index is 70.9. The summed E-state index contributed by atoms with van der Waals surface area (Å²) in [5, 5.41) is 9.11. The van der Waals surface area contributed by atoms with Crippen LogP contribution in [0.2, 0.25) is 0 Å². The highest BCUT2D eigenvalue weighted by Crippen LogP contribution is 2.33. The maximum Gasteiger partial charge on any atom is 0.0580 e. The summed E-state index contributed by atoms with van der Waals surface area (Å²) in [5.74, 6) is 0.596. The summed E-state index contributed by atoms with van der Waals surface area (Å²) in [6, 6.07) is 0. The third-order valence-corrected chi connectivity index (χ3v) is 1.63. The third kappa shape index (κ3) is 1.46. The van der Waals surface area contributed by atoms with Crippen LogP contribution in [0, 0.1) is 5.92 Å². The molecule has 0 aromatic rings. The fourth-order valence-corrected chi connectivity index (χ4v) is 0.887. The van der Waals surface area contributed by atoms with Gasteiger partial charge in [-0.3, -0.25) is 0 Å². The van der Waals surface area contributed by atoms with Gasteiger partial charge in [-0.25, -0.2) is 0 Å². The molecule has 0 bridgehead atoms. The Balaban J connectivity index is 2.03. The molecule has 0 amide bonds. The van der Waals surface area contributed by atoms with Crippen LogP contribution in [-0.2, 0) is 0 Å². The van der Waals surface area contributed by atoms with Gasteiger partial charge in [0.05, 0.1) is 6.10 Å². The predicted octanol–water partition coefficient (Wildman–Crippen LogP) is 0.106. The van der Waals surface area contributed by atoms with E-state index in [-0.39, 0.29) is 6.10 Å². The predicted molar refractivity (Wildman–Crippen MR) is 32.4 cm³/mol. The molecular weight excluding hydrogens is 102 g/mol. The van der Waals surface area contributed by atoms with E-state index in [1.165, 1.54) is 12.8 Å². The molecule has 0 radical (unpaired) electrons. The lowest BCUT2D eigenvalue weighted by Gasteiger charge is -2.04. The highest BCUT2D eigenvalue weighted by Gasteiger charge is 2.28. The number of hydrogen-bond acceptors (Lipinski definition) is 2. The van der Waals surface area contributed by atoms with Crippen molar-refractivity contribution in [3.05, 3.63) is 0 Å². The Morgan fingerprint density at radius 1 is 1.62 bits per heavy atom. The second-order valence-corrected chi connectivity index (χ2v) is 2.48. The first-order chi connectivity index (χ1) is 3.84. The largest absolute Gasteiger partial charge is 0.393 e. The minimum atomic E-state index is -0.0972. The molecule has 0 heterocycles. The van der Waals surface area contributed by atoms with Gasteiger partial charge in [0, 0.05) is 0 Å². The van der Waals surface area contributed by atoms with Gasteiger partial charge in [0.15, 0.2) is 0 Å². The van der Waals surface area contributed by atoms with E-state index in [4.69, 9.17) is 10.8 Å². The van der Waals surface area contributed by atoms with Crippen molar-refractivity contribution in [2.45, 2.75) is 25.4 Å². The fourth-order valence-electron chi connectivity index (χ4n) is 0.887. The number of aliphatic hydroxyl groups is 1. The highest BCUT2D eigenvalue weighted by molar-refractivity contribution is 4.80. The van der Waals surface area contributed by atoms with Crippen LogP contribution in [0.5, 0.6) is 0 Å². The van der Waals surface area contributed by atoms with Gasteiger partial charge in [0.2, 0.25) is 0 Å². The lowest BCUT2D eigenvalue weighted by Crippen LogP contribution is -2.14. The molecule has 2 nitrogen and oxygen atoms in total. The van der Waals surface area contributed by atoms with Crippen LogP contribution in [0.1, 0.15) is 19.3 Å². The van der Waals surface area contributed by atoms with Gasteiger partial charge in [-0.15, -0.1) is 0 Å². The SMILES string of the molecule is NCCC(O)C1CC1. The van der Waals surface area contributed by atoms with E-state index >= 15 is 0 Å². The summed E-state index contributed by atoms with van der Waals surface area (Å²) in [4.78, 5) is 0. The Kier molecular flexibility index (Phi) is 1.86. The summed E-state index contributed by atoms with van der Waals surface area (Å²) >= 11 is 0. The smallest absolute Gasteiger partial charge is 0.0580 e. The molecule has 0 spiro atoms. The second-order valence-electron chi connectivity index (χ2n) is 2.48. The molecule has 2 heteroatoms. The van der Waals surface area contributed by atoms with Gasteiger partial charge in [-0.05, 0) is 31.7 Å². The first-order valence-electron chi connectivity index (χ1n) is 3.22. The molecule has 0 aromatic heterocycles. The van der Waals surface area contributed by atoms with Gasteiger partial charge >= 0.3 is 0 Å². The van der Waals surface area contributed by atoms with Crippen LogP contribution in [0.15, 0.2) is 0 Å². The van der Waals surface area contributed by atoms with Crippen LogP contribution in [0.4, 0.5) is 0 Å². The second kappa shape index (κ2) is 2.46. The zero-order chi connectivity index (χ0) is 5.98. The number of rotatable bonds is 3. The maximum atomic E-state index is 9.11. The molecule has 0 aromatic carbocycles. The van der Waals surface area contributed by atoms with Crippen LogP contribution in [0.3, 0.4) is 0 Å². The minimum absolute atomic E-state index is 0.0972. The van der Waals surface area contributed by atoms with Crippen LogP contribution < -0.4 is 5.73 Å². The van der Waals surface area contributed by atoms with Crippen molar-refractivity contribution in [2.24, 2.45) is 11.7 Å². The van der Waals surface area contributed by atoms with E-state index in [9.17, 15) is 0 Å².